The SMILES string of the molecule is Cc1ccccc1C1CC1C(=O)c1ccc(F)cc1. The minimum absolute atomic E-state index is 0.0616. The summed E-state index contributed by atoms with van der Waals surface area (Å²) in [6.07, 6.45) is 0.904. The third kappa shape index (κ3) is 2.30. The smallest absolute Gasteiger partial charge is 0.166 e. The minimum Gasteiger partial charge on any atom is -0.294 e. The third-order valence-electron chi connectivity index (χ3n) is 3.84. The van der Waals surface area contributed by atoms with Crippen molar-refractivity contribution in [1.82, 2.24) is 0 Å². The number of Topliss-reactive ketones (excluding diaryl/α,β-unsaturated/α-hetero) is 1. The Morgan fingerprint density at radius 2 is 1.79 bits per heavy atom. The van der Waals surface area contributed by atoms with Crippen molar-refractivity contribution in [3.8, 4) is 0 Å². The minimum atomic E-state index is -0.303. The molecule has 3 rings (SSSR count). The van der Waals surface area contributed by atoms with Gasteiger partial charge in [-0.1, -0.05) is 24.3 Å². The highest BCUT2D eigenvalue weighted by Crippen LogP contribution is 2.50. The number of carbonyl (C=O) groups is 1. The lowest BCUT2D eigenvalue weighted by molar-refractivity contribution is 0.0965. The van der Waals surface area contributed by atoms with Gasteiger partial charge in [0, 0.05) is 11.5 Å². The van der Waals surface area contributed by atoms with Crippen LogP contribution >= 0.6 is 0 Å². The molecule has 2 unspecified atom stereocenters. The molecule has 2 aromatic rings. The van der Waals surface area contributed by atoms with Gasteiger partial charge in [-0.15, -0.1) is 0 Å². The number of hydrogen-bond donors (Lipinski definition) is 0. The highest BCUT2D eigenvalue weighted by molar-refractivity contribution is 6.00. The van der Waals surface area contributed by atoms with E-state index in [0.717, 1.165) is 6.42 Å². The van der Waals surface area contributed by atoms with Gasteiger partial charge in [0.05, 0.1) is 0 Å². The van der Waals surface area contributed by atoms with Crippen molar-refractivity contribution in [1.29, 1.82) is 0 Å². The van der Waals surface area contributed by atoms with E-state index in [2.05, 4.69) is 19.1 Å². The molecule has 1 saturated carbocycles. The van der Waals surface area contributed by atoms with Crippen molar-refractivity contribution in [3.63, 3.8) is 0 Å². The van der Waals surface area contributed by atoms with E-state index in [1.54, 1.807) is 12.1 Å². The molecular formula is C17H15FO. The predicted molar refractivity (Wildman–Crippen MR) is 72.8 cm³/mol. The van der Waals surface area contributed by atoms with Gasteiger partial charge >= 0.3 is 0 Å². The Morgan fingerprint density at radius 1 is 1.11 bits per heavy atom. The Balaban J connectivity index is 1.78. The van der Waals surface area contributed by atoms with E-state index >= 15 is 0 Å². The third-order valence-corrected chi connectivity index (χ3v) is 3.84. The zero-order valence-corrected chi connectivity index (χ0v) is 10.8. The zero-order chi connectivity index (χ0) is 13.4. The first-order valence-corrected chi connectivity index (χ1v) is 6.52. The predicted octanol–water partition coefficient (Wildman–Crippen LogP) is 4.12. The van der Waals surface area contributed by atoms with Gasteiger partial charge in [0.15, 0.2) is 5.78 Å². The Labute approximate surface area is 112 Å². The van der Waals surface area contributed by atoms with Gasteiger partial charge in [-0.2, -0.15) is 0 Å². The van der Waals surface area contributed by atoms with Gasteiger partial charge < -0.3 is 0 Å². The van der Waals surface area contributed by atoms with Crippen LogP contribution < -0.4 is 0 Å². The van der Waals surface area contributed by atoms with Crippen LogP contribution in [-0.2, 0) is 0 Å². The Kier molecular flexibility index (Phi) is 2.94. The van der Waals surface area contributed by atoms with E-state index in [1.165, 1.54) is 23.3 Å². The van der Waals surface area contributed by atoms with Gasteiger partial charge in [-0.3, -0.25) is 4.79 Å². The summed E-state index contributed by atoms with van der Waals surface area (Å²) in [6.45, 7) is 2.08. The maximum Gasteiger partial charge on any atom is 0.166 e. The summed E-state index contributed by atoms with van der Waals surface area (Å²) >= 11 is 0. The highest BCUT2D eigenvalue weighted by Gasteiger charge is 2.44. The average molecular weight is 254 g/mol. The molecule has 1 aliphatic carbocycles. The first-order valence-electron chi connectivity index (χ1n) is 6.52. The summed E-state index contributed by atoms with van der Waals surface area (Å²) in [5, 5.41) is 0. The summed E-state index contributed by atoms with van der Waals surface area (Å²) in [4.78, 5) is 12.3. The van der Waals surface area contributed by atoms with Gasteiger partial charge in [-0.05, 0) is 54.7 Å². The molecule has 2 atom stereocenters. The molecule has 0 bridgehead atoms. The van der Waals surface area contributed by atoms with Gasteiger partial charge in [-0.25, -0.2) is 4.39 Å². The van der Waals surface area contributed by atoms with Crippen molar-refractivity contribution in [2.45, 2.75) is 19.3 Å². The topological polar surface area (TPSA) is 17.1 Å². The molecule has 0 N–H and O–H groups in total. The number of benzene rings is 2. The summed E-state index contributed by atoms with van der Waals surface area (Å²) in [5.74, 6) is 0.223. The monoisotopic (exact) mass is 254 g/mol. The van der Waals surface area contributed by atoms with E-state index in [9.17, 15) is 9.18 Å². The van der Waals surface area contributed by atoms with E-state index < -0.39 is 0 Å². The normalized spacial score (nSPS) is 21.2. The van der Waals surface area contributed by atoms with E-state index in [4.69, 9.17) is 0 Å². The fourth-order valence-corrected chi connectivity index (χ4v) is 2.66. The molecule has 19 heavy (non-hydrogen) atoms. The van der Waals surface area contributed by atoms with Crippen LogP contribution in [0.15, 0.2) is 48.5 Å². The molecule has 2 aromatic carbocycles. The summed E-state index contributed by atoms with van der Waals surface area (Å²) < 4.78 is 12.9. The van der Waals surface area contributed by atoms with Crippen LogP contribution in [0.25, 0.3) is 0 Å². The zero-order valence-electron chi connectivity index (χ0n) is 10.8. The molecule has 2 heteroatoms. The van der Waals surface area contributed by atoms with Crippen LogP contribution in [0.1, 0.15) is 33.8 Å². The van der Waals surface area contributed by atoms with Crippen LogP contribution in [0.5, 0.6) is 0 Å². The number of halogens is 1. The number of ketones is 1. The van der Waals surface area contributed by atoms with Crippen molar-refractivity contribution >= 4 is 5.78 Å². The molecule has 96 valence electrons. The van der Waals surface area contributed by atoms with E-state index in [-0.39, 0.29) is 17.5 Å². The molecular weight excluding hydrogens is 239 g/mol. The van der Waals surface area contributed by atoms with E-state index in [0.29, 0.717) is 11.5 Å². The van der Waals surface area contributed by atoms with Crippen molar-refractivity contribution in [2.24, 2.45) is 5.92 Å². The van der Waals surface area contributed by atoms with Crippen LogP contribution in [0.4, 0.5) is 4.39 Å². The number of hydrogen-bond acceptors (Lipinski definition) is 1. The van der Waals surface area contributed by atoms with Crippen molar-refractivity contribution in [3.05, 3.63) is 71.0 Å². The lowest BCUT2D eigenvalue weighted by Crippen LogP contribution is -2.03. The molecule has 1 aliphatic rings. The Morgan fingerprint density at radius 3 is 2.47 bits per heavy atom. The number of rotatable bonds is 3. The highest BCUT2D eigenvalue weighted by atomic mass is 19.1. The molecule has 0 amide bonds. The molecule has 0 heterocycles. The fourth-order valence-electron chi connectivity index (χ4n) is 2.66. The Bertz CT molecular complexity index is 615. The number of aryl methyl sites for hydroxylation is 1. The fraction of sp³-hybridized carbons (Fsp3) is 0.235. The number of carbonyl (C=O) groups excluding carboxylic acids is 1. The molecule has 0 radical (unpaired) electrons. The first-order chi connectivity index (χ1) is 9.16. The molecule has 0 saturated heterocycles. The second-order valence-corrected chi connectivity index (χ2v) is 5.18. The largest absolute Gasteiger partial charge is 0.294 e. The van der Waals surface area contributed by atoms with Gasteiger partial charge in [0.2, 0.25) is 0 Å². The lowest BCUT2D eigenvalue weighted by atomic mass is 10.00. The van der Waals surface area contributed by atoms with Gasteiger partial charge in [0.1, 0.15) is 5.82 Å². The van der Waals surface area contributed by atoms with Crippen LogP contribution in [0, 0.1) is 18.7 Å². The molecule has 1 nitrogen and oxygen atoms in total. The lowest BCUT2D eigenvalue weighted by Gasteiger charge is -2.04. The molecule has 0 spiro atoms. The van der Waals surface area contributed by atoms with Crippen LogP contribution in [0.2, 0.25) is 0 Å². The first kappa shape index (κ1) is 12.1. The quantitative estimate of drug-likeness (QED) is 0.753. The summed E-state index contributed by atoms with van der Waals surface area (Å²) in [5.41, 5.74) is 3.12. The Hall–Kier alpha value is -1.96. The molecule has 1 fully saturated rings. The van der Waals surface area contributed by atoms with E-state index in [1.807, 2.05) is 12.1 Å². The van der Waals surface area contributed by atoms with Crippen molar-refractivity contribution < 1.29 is 9.18 Å². The van der Waals surface area contributed by atoms with Crippen LogP contribution in [-0.4, -0.2) is 5.78 Å². The molecule has 0 aliphatic heterocycles. The summed E-state index contributed by atoms with van der Waals surface area (Å²) in [6, 6.07) is 14.0. The second-order valence-electron chi connectivity index (χ2n) is 5.18. The van der Waals surface area contributed by atoms with Crippen LogP contribution in [0.3, 0.4) is 0 Å². The molecule has 0 aromatic heterocycles. The second kappa shape index (κ2) is 4.61. The maximum atomic E-state index is 12.9. The summed E-state index contributed by atoms with van der Waals surface area (Å²) in [7, 11) is 0. The maximum absolute atomic E-state index is 12.9. The standard InChI is InChI=1S/C17H15FO/c1-11-4-2-3-5-14(11)15-10-16(15)17(19)12-6-8-13(18)9-7-12/h2-9,15-16H,10H2,1H3. The van der Waals surface area contributed by atoms with Gasteiger partial charge in [0.25, 0.3) is 0 Å². The average Bonchev–Trinajstić information content (AvgIpc) is 3.19. The van der Waals surface area contributed by atoms with Crippen molar-refractivity contribution in [2.75, 3.05) is 0 Å².